The van der Waals surface area contributed by atoms with Crippen molar-refractivity contribution in [3.8, 4) is 0 Å². The van der Waals surface area contributed by atoms with E-state index in [0.29, 0.717) is 11.8 Å². The van der Waals surface area contributed by atoms with Crippen molar-refractivity contribution in [2.75, 3.05) is 0 Å². The molecule has 0 aliphatic heterocycles. The van der Waals surface area contributed by atoms with Gasteiger partial charge in [-0.2, -0.15) is 0 Å². The molecule has 87 valence electrons. The van der Waals surface area contributed by atoms with Gasteiger partial charge in [-0.3, -0.25) is 0 Å². The Kier molecular flexibility index (Phi) is 4.75. The Morgan fingerprint density at radius 3 is 1.94 bits per heavy atom. The van der Waals surface area contributed by atoms with Crippen LogP contribution in [0.15, 0.2) is 18.2 Å². The minimum absolute atomic E-state index is 0.0905. The minimum Gasteiger partial charge on any atom is -0.412 e. The first-order valence-corrected chi connectivity index (χ1v) is 6.34. The molecule has 1 nitrogen and oxygen atoms in total. The fourth-order valence-electron chi connectivity index (χ4n) is 2.19. The number of hydrogen-bond acceptors (Lipinski definition) is 1. The molecule has 0 saturated carbocycles. The fourth-order valence-corrected chi connectivity index (χ4v) is 2.32. The van der Waals surface area contributed by atoms with E-state index in [9.17, 15) is 0 Å². The lowest BCUT2D eigenvalue weighted by Gasteiger charge is -2.23. The van der Waals surface area contributed by atoms with Crippen molar-refractivity contribution in [1.29, 1.82) is 0 Å². The zero-order chi connectivity index (χ0) is 12.3. The monoisotopic (exact) mass is 233 g/mol. The predicted molar refractivity (Wildman–Crippen MR) is 69.9 cm³/mol. The Labute approximate surface area is 103 Å². The second-order valence-corrected chi connectivity index (χ2v) is 5.16. The van der Waals surface area contributed by atoms with E-state index < -0.39 is 0 Å². The van der Waals surface area contributed by atoms with E-state index in [1.807, 2.05) is 0 Å². The molecule has 0 fully saturated rings. The van der Waals surface area contributed by atoms with Crippen molar-refractivity contribution in [2.45, 2.75) is 52.6 Å². The lowest BCUT2D eigenvalue weighted by molar-refractivity contribution is 0.248. The molecule has 0 N–H and O–H groups in total. The van der Waals surface area contributed by atoms with Gasteiger partial charge in [0.2, 0.25) is 10.5 Å². The van der Waals surface area contributed by atoms with Crippen molar-refractivity contribution >= 4 is 10.5 Å². The molecule has 1 aromatic rings. The first kappa shape index (κ1) is 13.5. The van der Waals surface area contributed by atoms with E-state index >= 15 is 0 Å². The van der Waals surface area contributed by atoms with Crippen molar-refractivity contribution in [3.05, 3.63) is 34.9 Å². The predicted octanol–water partition coefficient (Wildman–Crippen LogP) is 4.09. The van der Waals surface area contributed by atoms with Gasteiger partial charge < -0.3 is 4.43 Å². The van der Waals surface area contributed by atoms with Crippen LogP contribution in [0.5, 0.6) is 0 Å². The Bertz CT molecular complexity index is 345. The molecule has 1 rings (SSSR count). The second kappa shape index (κ2) is 5.64. The molecular formula is C14H21OSi. The number of benzene rings is 1. The minimum atomic E-state index is 0.0905. The highest BCUT2D eigenvalue weighted by Crippen LogP contribution is 2.33. The van der Waals surface area contributed by atoms with Crippen LogP contribution < -0.4 is 0 Å². The summed E-state index contributed by atoms with van der Waals surface area (Å²) in [5.74, 6) is 1.08. The van der Waals surface area contributed by atoms with Gasteiger partial charge in [0.05, 0.1) is 6.10 Å². The average molecular weight is 233 g/mol. The largest absolute Gasteiger partial charge is 0.412 e. The Balaban J connectivity index is 3.32. The molecule has 2 heteroatoms. The lowest BCUT2D eigenvalue weighted by Crippen LogP contribution is -2.07. The van der Waals surface area contributed by atoms with Crippen LogP contribution in [-0.4, -0.2) is 10.5 Å². The van der Waals surface area contributed by atoms with Crippen molar-refractivity contribution in [2.24, 2.45) is 0 Å². The zero-order valence-electron chi connectivity index (χ0n) is 10.9. The molecule has 0 aliphatic carbocycles. The van der Waals surface area contributed by atoms with Gasteiger partial charge >= 0.3 is 0 Å². The third-order valence-electron chi connectivity index (χ3n) is 2.99. The number of hydrogen-bond donors (Lipinski definition) is 0. The molecule has 1 unspecified atom stereocenters. The first-order chi connectivity index (χ1) is 7.49. The summed E-state index contributed by atoms with van der Waals surface area (Å²) >= 11 is 0. The van der Waals surface area contributed by atoms with Gasteiger partial charge in [-0.25, -0.2) is 0 Å². The highest BCUT2D eigenvalue weighted by molar-refractivity contribution is 5.98. The van der Waals surface area contributed by atoms with E-state index in [0.717, 1.165) is 0 Å². The molecule has 0 bridgehead atoms. The molecule has 0 heterocycles. The molecule has 3 radical (unpaired) electrons. The van der Waals surface area contributed by atoms with Gasteiger partial charge in [-0.1, -0.05) is 45.9 Å². The second-order valence-electron chi connectivity index (χ2n) is 4.92. The van der Waals surface area contributed by atoms with E-state index in [2.05, 4.69) is 63.3 Å². The highest BCUT2D eigenvalue weighted by atomic mass is 28.2. The molecule has 0 aliphatic rings. The molecular weight excluding hydrogens is 212 g/mol. The highest BCUT2D eigenvalue weighted by Gasteiger charge is 2.17. The third kappa shape index (κ3) is 2.74. The maximum Gasteiger partial charge on any atom is 0.247 e. The smallest absolute Gasteiger partial charge is 0.247 e. The van der Waals surface area contributed by atoms with Gasteiger partial charge in [0, 0.05) is 0 Å². The zero-order valence-corrected chi connectivity index (χ0v) is 11.9. The van der Waals surface area contributed by atoms with E-state index in [1.165, 1.54) is 16.7 Å². The Hall–Kier alpha value is -0.603. The average Bonchev–Trinajstić information content (AvgIpc) is 2.26. The van der Waals surface area contributed by atoms with Crippen LogP contribution in [0.25, 0.3) is 0 Å². The lowest BCUT2D eigenvalue weighted by atomic mass is 9.85. The topological polar surface area (TPSA) is 9.23 Å². The van der Waals surface area contributed by atoms with Gasteiger partial charge in [0.15, 0.2) is 0 Å². The van der Waals surface area contributed by atoms with Gasteiger partial charge in [0.1, 0.15) is 0 Å². The van der Waals surface area contributed by atoms with Gasteiger partial charge in [-0.15, -0.1) is 0 Å². The van der Waals surface area contributed by atoms with Crippen LogP contribution in [0.1, 0.15) is 69.2 Å². The SMILES string of the molecule is CC(C)c1cccc(C(C)O[Si])c1C(C)C. The van der Waals surface area contributed by atoms with Crippen LogP contribution in [0.3, 0.4) is 0 Å². The summed E-state index contributed by atoms with van der Waals surface area (Å²) in [4.78, 5) is 0. The Morgan fingerprint density at radius 1 is 0.938 bits per heavy atom. The van der Waals surface area contributed by atoms with Crippen molar-refractivity contribution in [3.63, 3.8) is 0 Å². The van der Waals surface area contributed by atoms with Crippen LogP contribution >= 0.6 is 0 Å². The quantitative estimate of drug-likeness (QED) is 0.712. The summed E-state index contributed by atoms with van der Waals surface area (Å²) in [6, 6.07) is 6.51. The normalized spacial score (nSPS) is 13.5. The summed E-state index contributed by atoms with van der Waals surface area (Å²) in [6.07, 6.45) is 0.0905. The molecule has 0 aromatic heterocycles. The molecule has 16 heavy (non-hydrogen) atoms. The third-order valence-corrected chi connectivity index (χ3v) is 3.34. The van der Waals surface area contributed by atoms with Gasteiger partial charge in [-0.05, 0) is 35.4 Å². The first-order valence-electron chi connectivity index (χ1n) is 5.94. The summed E-state index contributed by atoms with van der Waals surface area (Å²) in [5, 5.41) is 0. The molecule has 1 aromatic carbocycles. The van der Waals surface area contributed by atoms with Crippen LogP contribution in [0.2, 0.25) is 0 Å². The van der Waals surface area contributed by atoms with E-state index in [-0.39, 0.29) is 6.10 Å². The summed E-state index contributed by atoms with van der Waals surface area (Å²) in [7, 11) is 3.15. The summed E-state index contributed by atoms with van der Waals surface area (Å²) in [5.41, 5.74) is 4.16. The van der Waals surface area contributed by atoms with E-state index in [1.54, 1.807) is 0 Å². The summed E-state index contributed by atoms with van der Waals surface area (Å²) in [6.45, 7) is 11.0. The fraction of sp³-hybridized carbons (Fsp3) is 0.571. The molecule has 0 saturated heterocycles. The van der Waals surface area contributed by atoms with Crippen molar-refractivity contribution in [1.82, 2.24) is 0 Å². The maximum atomic E-state index is 5.27. The Morgan fingerprint density at radius 2 is 1.50 bits per heavy atom. The molecule has 0 spiro atoms. The van der Waals surface area contributed by atoms with Crippen LogP contribution in [0, 0.1) is 0 Å². The standard InChI is InChI=1S/C14H21OSi/c1-9(2)12-7-6-8-13(11(5)15-16)14(12)10(3)4/h6-11H,1-5H3. The number of rotatable bonds is 4. The molecule has 1 atom stereocenters. The summed E-state index contributed by atoms with van der Waals surface area (Å²) < 4.78 is 5.27. The van der Waals surface area contributed by atoms with Gasteiger partial charge in [0.25, 0.3) is 0 Å². The maximum absolute atomic E-state index is 5.27. The molecule has 0 amide bonds. The van der Waals surface area contributed by atoms with Crippen molar-refractivity contribution < 1.29 is 4.43 Å². The van der Waals surface area contributed by atoms with E-state index in [4.69, 9.17) is 4.43 Å². The van der Waals surface area contributed by atoms with Crippen LogP contribution in [-0.2, 0) is 4.43 Å². The van der Waals surface area contributed by atoms with Crippen LogP contribution in [0.4, 0.5) is 0 Å².